The van der Waals surface area contributed by atoms with E-state index < -0.39 is 0 Å². The summed E-state index contributed by atoms with van der Waals surface area (Å²) in [7, 11) is 0. The molecule has 0 aliphatic heterocycles. The van der Waals surface area contributed by atoms with Gasteiger partial charge in [0.05, 0.1) is 0 Å². The van der Waals surface area contributed by atoms with Crippen molar-refractivity contribution in [2.75, 3.05) is 0 Å². The Morgan fingerprint density at radius 1 is 0.727 bits per heavy atom. The molecule has 2 N–H and O–H groups in total. The zero-order valence-electron chi connectivity index (χ0n) is 4.52. The summed E-state index contributed by atoms with van der Waals surface area (Å²) in [4.78, 5) is 0. The Labute approximate surface area is 79.4 Å². The van der Waals surface area contributed by atoms with Gasteiger partial charge < -0.3 is 0 Å². The first-order chi connectivity index (χ1) is 3.00. The molecule has 0 aliphatic carbocycles. The van der Waals surface area contributed by atoms with Crippen molar-refractivity contribution < 1.29 is 79.0 Å². The molecule has 3 nitrogen and oxygen atoms in total. The molecule has 11 heteroatoms. The van der Waals surface area contributed by atoms with Crippen LogP contribution < -0.4 is 0 Å². The second-order valence-electron chi connectivity index (χ2n) is 0. The molecule has 0 atom stereocenters. The average molecular weight is 275 g/mol. The van der Waals surface area contributed by atoms with Crippen molar-refractivity contribution in [2.24, 2.45) is 0 Å². The fourth-order valence-electron chi connectivity index (χ4n) is 0. The molecule has 0 amide bonds. The Hall–Kier alpha value is 0.521. The van der Waals surface area contributed by atoms with Gasteiger partial charge in [-0.05, 0) is 0 Å². The van der Waals surface area contributed by atoms with E-state index in [4.69, 9.17) is 23.0 Å². The molecular weight excluding hydrogens is 269 g/mol. The van der Waals surface area contributed by atoms with Crippen molar-refractivity contribution in [3.05, 3.63) is 0 Å². The summed E-state index contributed by atoms with van der Waals surface area (Å²) >= 11 is 0.750. The molecule has 0 bridgehead atoms. The Morgan fingerprint density at radius 3 is 0.727 bits per heavy atom. The maximum absolute atomic E-state index is 8.50. The van der Waals surface area contributed by atoms with E-state index in [1.807, 2.05) is 0 Å². The summed E-state index contributed by atoms with van der Waals surface area (Å²) in [6, 6.07) is 0. The molecule has 0 aromatic carbocycles. The van der Waals surface area contributed by atoms with Crippen LogP contribution in [-0.4, -0.2) is 10.6 Å². The van der Waals surface area contributed by atoms with Crippen LogP contribution in [0.15, 0.2) is 0 Å². The summed E-state index contributed by atoms with van der Waals surface area (Å²) in [6.45, 7) is 0. The Bertz CT molecular complexity index is 17.8. The second-order valence-corrected chi connectivity index (χ2v) is 0. The topological polar surface area (TPSA) is 57.5 Å². The summed E-state index contributed by atoms with van der Waals surface area (Å²) in [5.41, 5.74) is 0. The second kappa shape index (κ2) is 3520. The van der Waals surface area contributed by atoms with Gasteiger partial charge in [-0.15, -0.1) is 0 Å². The van der Waals surface area contributed by atoms with Crippen LogP contribution in [0.1, 0.15) is 0 Å². The van der Waals surface area contributed by atoms with Gasteiger partial charge >= 0.3 is 23.7 Å². The van der Waals surface area contributed by atoms with Crippen LogP contribution in [0.25, 0.3) is 0 Å². The van der Waals surface area contributed by atoms with Gasteiger partial charge in [0.25, 0.3) is 0 Å². The van der Waals surface area contributed by atoms with Crippen LogP contribution in [-0.2, 0) is 40.5 Å². The van der Waals surface area contributed by atoms with E-state index in [0.717, 1.165) is 20.4 Å². The first-order valence-corrected chi connectivity index (χ1v) is 1.18. The van der Waals surface area contributed by atoms with Crippen LogP contribution in [0.3, 0.4) is 0 Å². The fourth-order valence-corrected chi connectivity index (χ4v) is 0. The standard InChI is InChI=1S/Co.2FHO.4FH.O.Ti/c;2*1-2;;;;;;/h;2*2H;4*1H;;. The molecule has 0 unspecified atom stereocenters. The van der Waals surface area contributed by atoms with E-state index in [0.29, 0.717) is 0 Å². The maximum atomic E-state index is 8.50. The van der Waals surface area contributed by atoms with Gasteiger partial charge in [0.1, 0.15) is 0 Å². The number of hydrogen-bond donors (Lipinski definition) is 2. The van der Waals surface area contributed by atoms with Crippen LogP contribution in [0.2, 0.25) is 0 Å². The molecule has 0 rings (SSSR count). The molecule has 0 saturated heterocycles. The van der Waals surface area contributed by atoms with Crippen molar-refractivity contribution in [2.45, 2.75) is 0 Å². The quantitative estimate of drug-likeness (QED) is 0.491. The first-order valence-electron chi connectivity index (χ1n) is 0.542. The molecule has 0 fully saturated rings. The third-order valence-corrected chi connectivity index (χ3v) is 0. The number of halogens is 6. The summed E-state index contributed by atoms with van der Waals surface area (Å²) < 4.78 is 25.2. The van der Waals surface area contributed by atoms with Crippen LogP contribution in [0.5, 0.6) is 0 Å². The van der Waals surface area contributed by atoms with Crippen LogP contribution in [0, 0.1) is 0 Å². The monoisotopic (exact) mass is 275 g/mol. The molecule has 0 spiro atoms. The van der Waals surface area contributed by atoms with Crippen molar-refractivity contribution in [3.8, 4) is 0 Å². The van der Waals surface area contributed by atoms with Crippen LogP contribution in [0.4, 0.5) is 27.9 Å². The predicted octanol–water partition coefficient (Wildman–Crippen LogP) is 0.213. The zero-order chi connectivity index (χ0) is 6.00. The molecule has 79 valence electrons. The third-order valence-electron chi connectivity index (χ3n) is 0. The third kappa shape index (κ3) is 2820. The van der Waals surface area contributed by atoms with E-state index in [-0.39, 0.29) is 35.6 Å². The predicted molar refractivity (Wildman–Crippen MR) is 17.4 cm³/mol. The van der Waals surface area contributed by atoms with Gasteiger partial charge in [0, 0.05) is 16.8 Å². The van der Waals surface area contributed by atoms with E-state index in [1.54, 1.807) is 0 Å². The van der Waals surface area contributed by atoms with Gasteiger partial charge in [-0.3, -0.25) is 18.8 Å². The normalized spacial score (nSPS) is 1.36. The molecule has 0 aromatic heterocycles. The Morgan fingerprint density at radius 2 is 0.727 bits per heavy atom. The first kappa shape index (κ1) is 103. The van der Waals surface area contributed by atoms with Gasteiger partial charge in [0.2, 0.25) is 0 Å². The molecule has 11 heavy (non-hydrogen) atoms. The Kier molecular flexibility index (Phi) is 32900. The van der Waals surface area contributed by atoms with Crippen LogP contribution >= 0.6 is 0 Å². The molecule has 0 heterocycles. The minimum atomic E-state index is 0. The number of rotatable bonds is 0. The van der Waals surface area contributed by atoms with Crippen molar-refractivity contribution in [3.63, 3.8) is 0 Å². The molecule has 0 aromatic rings. The van der Waals surface area contributed by atoms with E-state index >= 15 is 0 Å². The van der Waals surface area contributed by atoms with Gasteiger partial charge in [-0.1, -0.05) is 9.05 Å². The zero-order valence-corrected chi connectivity index (χ0v) is 7.13. The summed E-state index contributed by atoms with van der Waals surface area (Å²) in [5.74, 6) is 0. The van der Waals surface area contributed by atoms with E-state index in [9.17, 15) is 0 Å². The van der Waals surface area contributed by atoms with Gasteiger partial charge in [-0.25, -0.2) is 10.6 Å². The molecule has 0 aliphatic rings. The molecule has 0 saturated carbocycles. The average Bonchev–Trinajstić information content (AvgIpc) is 1.81. The van der Waals surface area contributed by atoms with E-state index in [2.05, 4.69) is 0 Å². The van der Waals surface area contributed by atoms with Crippen molar-refractivity contribution in [1.82, 2.24) is 0 Å². The molecular formula is H6CoF6O3Ti. The summed E-state index contributed by atoms with van der Waals surface area (Å²) in [6.07, 6.45) is 0. The minimum absolute atomic E-state index is 0. The summed E-state index contributed by atoms with van der Waals surface area (Å²) in [5, 5.41) is 11.0. The Balaban J connectivity index is -0.00000000167. The molecule has 1 radical (unpaired) electrons. The van der Waals surface area contributed by atoms with E-state index in [1.165, 1.54) is 0 Å². The fraction of sp³-hybridized carbons (Fsp3) is 0. The van der Waals surface area contributed by atoms with Gasteiger partial charge in [0.15, 0.2) is 0 Å². The van der Waals surface area contributed by atoms with Crippen molar-refractivity contribution >= 4 is 0 Å². The SMILES string of the molecule is F.F.F.F.OF.OF.[Co].[O]=[Ti]. The van der Waals surface area contributed by atoms with Crippen molar-refractivity contribution in [1.29, 1.82) is 0 Å². The van der Waals surface area contributed by atoms with Gasteiger partial charge in [-0.2, -0.15) is 0 Å². The number of hydrogen-bond acceptors (Lipinski definition) is 3.